The van der Waals surface area contributed by atoms with Crippen LogP contribution >= 0.6 is 0 Å². The Bertz CT molecular complexity index is 839. The van der Waals surface area contributed by atoms with Crippen molar-refractivity contribution in [1.29, 1.82) is 0 Å². The van der Waals surface area contributed by atoms with Crippen molar-refractivity contribution in [2.75, 3.05) is 37.6 Å². The van der Waals surface area contributed by atoms with E-state index in [2.05, 4.69) is 29.0 Å². The number of pyridine rings is 1. The van der Waals surface area contributed by atoms with Crippen LogP contribution in [0.25, 0.3) is 0 Å². The normalized spacial score (nSPS) is 14.1. The molecule has 1 fully saturated rings. The zero-order valence-electron chi connectivity index (χ0n) is 18.2. The van der Waals surface area contributed by atoms with Crippen molar-refractivity contribution in [3.8, 4) is 0 Å². The molecular weight excluding hydrogens is 376 g/mol. The van der Waals surface area contributed by atoms with Gasteiger partial charge in [0, 0.05) is 38.9 Å². The fraction of sp³-hybridized carbons (Fsp3) is 0.458. The van der Waals surface area contributed by atoms with Gasteiger partial charge in [-0.05, 0) is 37.0 Å². The SMILES string of the molecule is Cc1ccc(CC(=O)N2CCN(c3ccc(C(=O)NCCC(C)C)cn3)CC2)cc1. The van der Waals surface area contributed by atoms with Crippen molar-refractivity contribution in [2.24, 2.45) is 5.92 Å². The van der Waals surface area contributed by atoms with E-state index in [9.17, 15) is 9.59 Å². The first-order valence-corrected chi connectivity index (χ1v) is 10.7. The number of aromatic nitrogens is 1. The second-order valence-electron chi connectivity index (χ2n) is 8.37. The van der Waals surface area contributed by atoms with E-state index in [0.717, 1.165) is 30.9 Å². The van der Waals surface area contributed by atoms with E-state index in [4.69, 9.17) is 0 Å². The van der Waals surface area contributed by atoms with Gasteiger partial charge in [0.15, 0.2) is 0 Å². The zero-order valence-corrected chi connectivity index (χ0v) is 18.2. The summed E-state index contributed by atoms with van der Waals surface area (Å²) >= 11 is 0. The fourth-order valence-electron chi connectivity index (χ4n) is 3.46. The molecule has 1 aromatic carbocycles. The molecule has 30 heavy (non-hydrogen) atoms. The first-order valence-electron chi connectivity index (χ1n) is 10.7. The third-order valence-electron chi connectivity index (χ3n) is 5.45. The molecule has 1 aromatic heterocycles. The Morgan fingerprint density at radius 1 is 1.03 bits per heavy atom. The van der Waals surface area contributed by atoms with Crippen LogP contribution in [0, 0.1) is 12.8 Å². The van der Waals surface area contributed by atoms with E-state index in [1.54, 1.807) is 6.20 Å². The molecule has 0 bridgehead atoms. The lowest BCUT2D eigenvalue weighted by Gasteiger charge is -2.35. The highest BCUT2D eigenvalue weighted by Crippen LogP contribution is 2.15. The number of carbonyl (C=O) groups is 2. The van der Waals surface area contributed by atoms with Crippen molar-refractivity contribution < 1.29 is 9.59 Å². The summed E-state index contributed by atoms with van der Waals surface area (Å²) < 4.78 is 0. The number of carbonyl (C=O) groups excluding carboxylic acids is 2. The molecule has 6 nitrogen and oxygen atoms in total. The summed E-state index contributed by atoms with van der Waals surface area (Å²) in [4.78, 5) is 33.3. The lowest BCUT2D eigenvalue weighted by molar-refractivity contribution is -0.130. The molecule has 1 aliphatic heterocycles. The van der Waals surface area contributed by atoms with Crippen molar-refractivity contribution >= 4 is 17.6 Å². The second kappa shape index (κ2) is 10.2. The number of aryl methyl sites for hydroxylation is 1. The molecule has 0 radical (unpaired) electrons. The summed E-state index contributed by atoms with van der Waals surface area (Å²) in [6, 6.07) is 11.8. The highest BCUT2D eigenvalue weighted by atomic mass is 16.2. The van der Waals surface area contributed by atoms with Gasteiger partial charge in [0.05, 0.1) is 12.0 Å². The number of hydrogen-bond acceptors (Lipinski definition) is 4. The zero-order chi connectivity index (χ0) is 21.5. The molecule has 6 heteroatoms. The third-order valence-corrected chi connectivity index (χ3v) is 5.45. The third kappa shape index (κ3) is 6.05. The molecule has 2 heterocycles. The highest BCUT2D eigenvalue weighted by molar-refractivity contribution is 5.94. The van der Waals surface area contributed by atoms with Gasteiger partial charge in [-0.2, -0.15) is 0 Å². The van der Waals surface area contributed by atoms with Crippen LogP contribution in [0.15, 0.2) is 42.6 Å². The molecule has 0 spiro atoms. The Kier molecular flexibility index (Phi) is 7.44. The molecule has 0 saturated carbocycles. The fourth-order valence-corrected chi connectivity index (χ4v) is 3.46. The average molecular weight is 409 g/mol. The number of rotatable bonds is 7. The standard InChI is InChI=1S/C24H32N4O2/c1-18(2)10-11-25-24(30)21-8-9-22(26-17-21)27-12-14-28(15-13-27)23(29)16-20-6-4-19(3)5-7-20/h4-9,17-18H,10-16H2,1-3H3,(H,25,30). The monoisotopic (exact) mass is 408 g/mol. The van der Waals surface area contributed by atoms with Crippen molar-refractivity contribution in [2.45, 2.75) is 33.6 Å². The molecule has 160 valence electrons. The summed E-state index contributed by atoms with van der Waals surface area (Å²) in [7, 11) is 0. The van der Waals surface area contributed by atoms with Gasteiger partial charge in [0.2, 0.25) is 5.91 Å². The minimum absolute atomic E-state index is 0.0822. The van der Waals surface area contributed by atoms with Crippen LogP contribution in [-0.4, -0.2) is 54.4 Å². The van der Waals surface area contributed by atoms with E-state index in [-0.39, 0.29) is 11.8 Å². The first kappa shape index (κ1) is 21.8. The number of piperazine rings is 1. The number of nitrogens with one attached hydrogen (secondary N) is 1. The van der Waals surface area contributed by atoms with Crippen LogP contribution in [0.3, 0.4) is 0 Å². The maximum absolute atomic E-state index is 12.6. The Morgan fingerprint density at radius 2 is 1.73 bits per heavy atom. The number of anilines is 1. The lowest BCUT2D eigenvalue weighted by atomic mass is 10.1. The van der Waals surface area contributed by atoms with Crippen LogP contribution in [-0.2, 0) is 11.2 Å². The number of nitrogens with zero attached hydrogens (tertiary/aromatic N) is 3. The van der Waals surface area contributed by atoms with E-state index in [1.807, 2.05) is 48.2 Å². The molecule has 2 amide bonds. The van der Waals surface area contributed by atoms with Gasteiger partial charge in [-0.1, -0.05) is 43.7 Å². The number of hydrogen-bond donors (Lipinski definition) is 1. The Hall–Kier alpha value is -2.89. The topological polar surface area (TPSA) is 65.5 Å². The maximum atomic E-state index is 12.6. The van der Waals surface area contributed by atoms with Crippen LogP contribution < -0.4 is 10.2 Å². The summed E-state index contributed by atoms with van der Waals surface area (Å²) in [6.45, 7) is 9.85. The quantitative estimate of drug-likeness (QED) is 0.765. The van der Waals surface area contributed by atoms with Gasteiger partial charge in [-0.3, -0.25) is 9.59 Å². The Morgan fingerprint density at radius 3 is 2.33 bits per heavy atom. The average Bonchev–Trinajstić information content (AvgIpc) is 2.75. The second-order valence-corrected chi connectivity index (χ2v) is 8.37. The van der Waals surface area contributed by atoms with Gasteiger partial charge in [0.1, 0.15) is 5.82 Å². The van der Waals surface area contributed by atoms with Gasteiger partial charge in [-0.15, -0.1) is 0 Å². The minimum Gasteiger partial charge on any atom is -0.353 e. The predicted molar refractivity (Wildman–Crippen MR) is 120 cm³/mol. The van der Waals surface area contributed by atoms with Gasteiger partial charge < -0.3 is 15.1 Å². The van der Waals surface area contributed by atoms with Crippen molar-refractivity contribution in [3.63, 3.8) is 0 Å². The molecule has 2 aromatic rings. The van der Waals surface area contributed by atoms with E-state index in [1.165, 1.54) is 5.56 Å². The predicted octanol–water partition coefficient (Wildman–Crippen LogP) is 3.06. The molecule has 0 aliphatic carbocycles. The molecule has 1 N–H and O–H groups in total. The lowest BCUT2D eigenvalue weighted by Crippen LogP contribution is -2.49. The number of benzene rings is 1. The van der Waals surface area contributed by atoms with Crippen molar-refractivity contribution in [3.05, 3.63) is 59.3 Å². The van der Waals surface area contributed by atoms with Crippen LogP contribution in [0.2, 0.25) is 0 Å². The summed E-state index contributed by atoms with van der Waals surface area (Å²) in [5.41, 5.74) is 2.83. The van der Waals surface area contributed by atoms with Gasteiger partial charge >= 0.3 is 0 Å². The Labute approximate surface area is 179 Å². The summed E-state index contributed by atoms with van der Waals surface area (Å²) in [5, 5.41) is 2.93. The maximum Gasteiger partial charge on any atom is 0.252 e. The van der Waals surface area contributed by atoms with Crippen LogP contribution in [0.4, 0.5) is 5.82 Å². The van der Waals surface area contributed by atoms with Crippen LogP contribution in [0.5, 0.6) is 0 Å². The Balaban J connectivity index is 1.48. The van der Waals surface area contributed by atoms with E-state index >= 15 is 0 Å². The van der Waals surface area contributed by atoms with Gasteiger partial charge in [0.25, 0.3) is 5.91 Å². The molecular formula is C24H32N4O2. The van der Waals surface area contributed by atoms with Crippen LogP contribution in [0.1, 0.15) is 41.8 Å². The number of amides is 2. The minimum atomic E-state index is -0.0822. The smallest absolute Gasteiger partial charge is 0.252 e. The van der Waals surface area contributed by atoms with E-state index < -0.39 is 0 Å². The first-order chi connectivity index (χ1) is 14.4. The molecule has 3 rings (SSSR count). The molecule has 1 saturated heterocycles. The largest absolute Gasteiger partial charge is 0.353 e. The van der Waals surface area contributed by atoms with Crippen molar-refractivity contribution in [1.82, 2.24) is 15.2 Å². The summed E-state index contributed by atoms with van der Waals surface area (Å²) in [5.74, 6) is 1.49. The van der Waals surface area contributed by atoms with E-state index in [0.29, 0.717) is 37.5 Å². The highest BCUT2D eigenvalue weighted by Gasteiger charge is 2.22. The molecule has 1 aliphatic rings. The summed E-state index contributed by atoms with van der Waals surface area (Å²) in [6.07, 6.45) is 3.04. The van der Waals surface area contributed by atoms with Gasteiger partial charge in [-0.25, -0.2) is 4.98 Å². The molecule has 0 atom stereocenters. The molecule has 0 unspecified atom stereocenters.